The average Bonchev–Trinajstić information content (AvgIpc) is 3.11. The predicted molar refractivity (Wildman–Crippen MR) is 93.6 cm³/mol. The summed E-state index contributed by atoms with van der Waals surface area (Å²) in [6.45, 7) is 5.40. The molecule has 0 aliphatic heterocycles. The Kier molecular flexibility index (Phi) is 4.73. The molecular weight excluding hydrogens is 340 g/mol. The van der Waals surface area contributed by atoms with Gasteiger partial charge in [-0.2, -0.15) is 5.10 Å². The molecule has 132 valence electrons. The molecule has 2 aromatic heterocycles. The van der Waals surface area contributed by atoms with E-state index in [2.05, 4.69) is 19.9 Å². The summed E-state index contributed by atoms with van der Waals surface area (Å²) in [4.78, 5) is 4.68. The number of benzene rings is 1. The van der Waals surface area contributed by atoms with Crippen molar-refractivity contribution in [1.82, 2.24) is 19.9 Å². The van der Waals surface area contributed by atoms with Crippen LogP contribution in [-0.4, -0.2) is 30.1 Å². The third kappa shape index (κ3) is 3.64. The minimum absolute atomic E-state index is 0.203. The van der Waals surface area contributed by atoms with Gasteiger partial charge in [0.2, 0.25) is 15.9 Å². The smallest absolute Gasteiger partial charge is 0.244 e. The fraction of sp³-hybridized carbons (Fsp3) is 0.294. The van der Waals surface area contributed by atoms with Crippen LogP contribution in [0.3, 0.4) is 0 Å². The Labute approximate surface area is 146 Å². The predicted octanol–water partition coefficient (Wildman–Crippen LogP) is 2.51. The molecule has 2 heterocycles. The quantitative estimate of drug-likeness (QED) is 0.703. The van der Waals surface area contributed by atoms with Crippen molar-refractivity contribution in [2.45, 2.75) is 32.1 Å². The van der Waals surface area contributed by atoms with E-state index in [4.69, 9.17) is 4.42 Å². The number of sulfonamides is 1. The number of rotatable bonds is 6. The summed E-state index contributed by atoms with van der Waals surface area (Å²) in [7, 11) is -3.61. The van der Waals surface area contributed by atoms with Crippen molar-refractivity contribution in [3.8, 4) is 11.5 Å². The summed E-state index contributed by atoms with van der Waals surface area (Å²) < 4.78 is 33.1. The van der Waals surface area contributed by atoms with E-state index in [9.17, 15) is 8.42 Å². The lowest BCUT2D eigenvalue weighted by molar-refractivity contribution is 0.538. The summed E-state index contributed by atoms with van der Waals surface area (Å²) in [5.74, 6) is 1.23. The summed E-state index contributed by atoms with van der Waals surface area (Å²) in [6.07, 6.45) is 0.442. The van der Waals surface area contributed by atoms with E-state index in [1.165, 1.54) is 0 Å². The number of H-pyrrole nitrogens is 1. The van der Waals surface area contributed by atoms with Crippen LogP contribution in [0.15, 0.2) is 39.6 Å². The van der Waals surface area contributed by atoms with Crippen molar-refractivity contribution in [1.29, 1.82) is 0 Å². The van der Waals surface area contributed by atoms with Crippen LogP contribution in [0, 0.1) is 20.8 Å². The topological polar surface area (TPSA) is 101 Å². The molecule has 0 atom stereocenters. The Bertz CT molecular complexity index is 955. The van der Waals surface area contributed by atoms with E-state index in [0.717, 1.165) is 11.3 Å². The number of aryl methyl sites for hydroxylation is 3. The molecule has 0 spiro atoms. The highest BCUT2D eigenvalue weighted by molar-refractivity contribution is 7.89. The number of aromatic nitrogens is 3. The van der Waals surface area contributed by atoms with E-state index >= 15 is 0 Å². The van der Waals surface area contributed by atoms with E-state index in [-0.39, 0.29) is 11.4 Å². The molecule has 0 unspecified atom stereocenters. The second kappa shape index (κ2) is 6.81. The standard InChI is InChI=1S/C17H20N4O3S/c1-11-16(12(2)21-20-11)25(22,23)18-10-9-15-13(3)24-17(19-15)14-7-5-4-6-8-14/h4-8,18H,9-10H2,1-3H3,(H,20,21). The molecule has 0 amide bonds. The molecule has 3 aromatic rings. The van der Waals surface area contributed by atoms with Gasteiger partial charge < -0.3 is 4.42 Å². The number of oxazole rings is 1. The first kappa shape index (κ1) is 17.4. The zero-order valence-corrected chi connectivity index (χ0v) is 15.1. The summed E-state index contributed by atoms with van der Waals surface area (Å²) in [5.41, 5.74) is 2.60. The first-order valence-corrected chi connectivity index (χ1v) is 9.40. The molecule has 0 aliphatic rings. The average molecular weight is 360 g/mol. The van der Waals surface area contributed by atoms with Crippen LogP contribution in [0.2, 0.25) is 0 Å². The number of hydrogen-bond donors (Lipinski definition) is 2. The van der Waals surface area contributed by atoms with Crippen LogP contribution in [0.25, 0.3) is 11.5 Å². The fourth-order valence-electron chi connectivity index (χ4n) is 2.68. The van der Waals surface area contributed by atoms with Gasteiger partial charge in [-0.3, -0.25) is 5.10 Å². The van der Waals surface area contributed by atoms with Crippen LogP contribution < -0.4 is 4.72 Å². The molecule has 3 rings (SSSR count). The summed E-state index contributed by atoms with van der Waals surface area (Å²) in [6, 6.07) is 9.59. The van der Waals surface area contributed by atoms with E-state index in [0.29, 0.717) is 29.5 Å². The van der Waals surface area contributed by atoms with Crippen LogP contribution in [0.4, 0.5) is 0 Å². The van der Waals surface area contributed by atoms with Gasteiger partial charge in [-0.05, 0) is 32.9 Å². The number of hydrogen-bond acceptors (Lipinski definition) is 5. The molecule has 7 nitrogen and oxygen atoms in total. The minimum Gasteiger partial charge on any atom is -0.441 e. The normalized spacial score (nSPS) is 11.8. The van der Waals surface area contributed by atoms with E-state index in [1.54, 1.807) is 13.8 Å². The zero-order chi connectivity index (χ0) is 18.0. The van der Waals surface area contributed by atoms with Crippen LogP contribution in [0.5, 0.6) is 0 Å². The summed E-state index contributed by atoms with van der Waals surface area (Å²) >= 11 is 0. The lowest BCUT2D eigenvalue weighted by Crippen LogP contribution is -2.27. The molecule has 25 heavy (non-hydrogen) atoms. The summed E-state index contributed by atoms with van der Waals surface area (Å²) in [5, 5.41) is 6.61. The van der Waals surface area contributed by atoms with Gasteiger partial charge in [0.15, 0.2) is 0 Å². The molecule has 0 fully saturated rings. The largest absolute Gasteiger partial charge is 0.441 e. The first-order valence-electron chi connectivity index (χ1n) is 7.91. The van der Waals surface area contributed by atoms with Gasteiger partial charge in [-0.25, -0.2) is 18.1 Å². The van der Waals surface area contributed by atoms with Gasteiger partial charge >= 0.3 is 0 Å². The maximum absolute atomic E-state index is 12.4. The van der Waals surface area contributed by atoms with Crippen LogP contribution in [-0.2, 0) is 16.4 Å². The van der Waals surface area contributed by atoms with Crippen molar-refractivity contribution < 1.29 is 12.8 Å². The molecule has 1 aromatic carbocycles. The lowest BCUT2D eigenvalue weighted by Gasteiger charge is -2.06. The van der Waals surface area contributed by atoms with Gasteiger partial charge in [0, 0.05) is 18.5 Å². The first-order chi connectivity index (χ1) is 11.9. The Hall–Kier alpha value is -2.45. The Balaban J connectivity index is 1.70. The monoisotopic (exact) mass is 360 g/mol. The Morgan fingerprint density at radius 3 is 2.52 bits per heavy atom. The van der Waals surface area contributed by atoms with Gasteiger partial charge in [-0.1, -0.05) is 18.2 Å². The highest BCUT2D eigenvalue weighted by Gasteiger charge is 2.22. The van der Waals surface area contributed by atoms with E-state index in [1.807, 2.05) is 37.3 Å². The van der Waals surface area contributed by atoms with Crippen molar-refractivity contribution >= 4 is 10.0 Å². The van der Waals surface area contributed by atoms with Crippen LogP contribution >= 0.6 is 0 Å². The highest BCUT2D eigenvalue weighted by Crippen LogP contribution is 2.22. The maximum Gasteiger partial charge on any atom is 0.244 e. The number of nitrogens with zero attached hydrogens (tertiary/aromatic N) is 2. The molecule has 0 bridgehead atoms. The second-order valence-electron chi connectivity index (χ2n) is 5.80. The van der Waals surface area contributed by atoms with E-state index < -0.39 is 10.0 Å². The molecule has 0 aliphatic carbocycles. The zero-order valence-electron chi connectivity index (χ0n) is 14.3. The van der Waals surface area contributed by atoms with Crippen LogP contribution in [0.1, 0.15) is 22.8 Å². The third-order valence-electron chi connectivity index (χ3n) is 3.90. The molecule has 0 saturated carbocycles. The van der Waals surface area contributed by atoms with Crippen molar-refractivity contribution in [3.05, 3.63) is 53.2 Å². The van der Waals surface area contributed by atoms with Gasteiger partial charge in [0.25, 0.3) is 0 Å². The minimum atomic E-state index is -3.61. The molecule has 2 N–H and O–H groups in total. The second-order valence-corrected chi connectivity index (χ2v) is 7.50. The Morgan fingerprint density at radius 1 is 1.16 bits per heavy atom. The molecular formula is C17H20N4O3S. The Morgan fingerprint density at radius 2 is 1.88 bits per heavy atom. The number of nitrogens with one attached hydrogen (secondary N) is 2. The van der Waals surface area contributed by atoms with Gasteiger partial charge in [0.1, 0.15) is 10.7 Å². The van der Waals surface area contributed by atoms with Gasteiger partial charge in [-0.15, -0.1) is 0 Å². The molecule has 0 radical (unpaired) electrons. The lowest BCUT2D eigenvalue weighted by atomic mass is 10.2. The van der Waals surface area contributed by atoms with Gasteiger partial charge in [0.05, 0.1) is 17.1 Å². The molecule has 0 saturated heterocycles. The third-order valence-corrected chi connectivity index (χ3v) is 5.62. The highest BCUT2D eigenvalue weighted by atomic mass is 32.2. The van der Waals surface area contributed by atoms with Crippen molar-refractivity contribution in [2.75, 3.05) is 6.54 Å². The fourth-order valence-corrected chi connectivity index (χ4v) is 4.08. The SMILES string of the molecule is Cc1n[nH]c(C)c1S(=O)(=O)NCCc1nc(-c2ccccc2)oc1C. The van der Waals surface area contributed by atoms with Crippen molar-refractivity contribution in [3.63, 3.8) is 0 Å². The van der Waals surface area contributed by atoms with Crippen molar-refractivity contribution in [2.24, 2.45) is 0 Å². The maximum atomic E-state index is 12.4. The number of aromatic amines is 1. The molecule has 8 heteroatoms.